The summed E-state index contributed by atoms with van der Waals surface area (Å²) in [5, 5.41) is 5.85. The molecule has 1 aliphatic rings. The number of carbonyl (C=O) groups excluding carboxylic acids is 2. The summed E-state index contributed by atoms with van der Waals surface area (Å²) < 4.78 is 0. The molecule has 27 heavy (non-hydrogen) atoms. The third-order valence-corrected chi connectivity index (χ3v) is 4.61. The van der Waals surface area contributed by atoms with Gasteiger partial charge >= 0.3 is 0 Å². The summed E-state index contributed by atoms with van der Waals surface area (Å²) >= 11 is 0. The summed E-state index contributed by atoms with van der Waals surface area (Å²) in [5.41, 5.74) is 2.64. The van der Waals surface area contributed by atoms with E-state index in [-0.39, 0.29) is 11.8 Å². The van der Waals surface area contributed by atoms with Gasteiger partial charge in [0.15, 0.2) is 0 Å². The fourth-order valence-electron chi connectivity index (χ4n) is 3.08. The Bertz CT molecular complexity index is 827. The van der Waals surface area contributed by atoms with Crippen molar-refractivity contribution in [2.75, 3.05) is 23.7 Å². The molecule has 0 radical (unpaired) electrons. The van der Waals surface area contributed by atoms with Crippen LogP contribution in [0, 0.1) is 12.8 Å². The summed E-state index contributed by atoms with van der Waals surface area (Å²) in [6, 6.07) is 8.96. The molecular formula is C20H25N5O2. The van der Waals surface area contributed by atoms with E-state index in [0.717, 1.165) is 37.3 Å². The highest BCUT2D eigenvalue weighted by Crippen LogP contribution is 2.20. The van der Waals surface area contributed by atoms with Crippen LogP contribution in [0.5, 0.6) is 0 Å². The molecule has 7 nitrogen and oxygen atoms in total. The van der Waals surface area contributed by atoms with Crippen LogP contribution in [-0.2, 0) is 4.79 Å². The molecule has 2 heterocycles. The Labute approximate surface area is 159 Å². The van der Waals surface area contributed by atoms with E-state index in [0.29, 0.717) is 23.2 Å². The Morgan fingerprint density at radius 2 is 1.70 bits per heavy atom. The van der Waals surface area contributed by atoms with Crippen LogP contribution in [0.4, 0.5) is 17.3 Å². The van der Waals surface area contributed by atoms with Crippen LogP contribution in [0.15, 0.2) is 30.3 Å². The number of amides is 2. The molecule has 1 aromatic carbocycles. The van der Waals surface area contributed by atoms with Gasteiger partial charge in [0.05, 0.1) is 0 Å². The predicted octanol–water partition coefficient (Wildman–Crippen LogP) is 3.36. The van der Waals surface area contributed by atoms with Crippen LogP contribution in [0.2, 0.25) is 0 Å². The van der Waals surface area contributed by atoms with Gasteiger partial charge in [0, 0.05) is 37.1 Å². The lowest BCUT2D eigenvalue weighted by Gasteiger charge is -2.30. The van der Waals surface area contributed by atoms with Gasteiger partial charge in [-0.3, -0.25) is 9.59 Å². The number of likely N-dealkylation sites (tertiary alicyclic amines) is 1. The van der Waals surface area contributed by atoms with Crippen LogP contribution in [0.25, 0.3) is 0 Å². The van der Waals surface area contributed by atoms with E-state index in [9.17, 15) is 9.59 Å². The fraction of sp³-hybridized carbons (Fsp3) is 0.400. The third-order valence-electron chi connectivity index (χ3n) is 4.61. The molecule has 1 fully saturated rings. The molecule has 1 aliphatic heterocycles. The van der Waals surface area contributed by atoms with Crippen molar-refractivity contribution >= 4 is 29.1 Å². The topological polar surface area (TPSA) is 87.2 Å². The largest absolute Gasteiger partial charge is 0.337 e. The van der Waals surface area contributed by atoms with E-state index >= 15 is 0 Å². The van der Waals surface area contributed by atoms with Gasteiger partial charge in [-0.25, -0.2) is 9.97 Å². The molecule has 0 atom stereocenters. The summed E-state index contributed by atoms with van der Waals surface area (Å²) in [7, 11) is 0. The maximum atomic E-state index is 12.8. The van der Waals surface area contributed by atoms with E-state index in [1.165, 1.54) is 6.92 Å². The lowest BCUT2D eigenvalue weighted by atomic mass is 9.99. The minimum absolute atomic E-state index is 0.0449. The summed E-state index contributed by atoms with van der Waals surface area (Å²) in [6.45, 7) is 7.08. The van der Waals surface area contributed by atoms with E-state index in [4.69, 9.17) is 0 Å². The first kappa shape index (κ1) is 18.8. The zero-order valence-electron chi connectivity index (χ0n) is 16.0. The Balaban J connectivity index is 1.73. The molecule has 2 amide bonds. The Morgan fingerprint density at radius 1 is 1.07 bits per heavy atom. The van der Waals surface area contributed by atoms with E-state index in [1.54, 1.807) is 18.2 Å². The van der Waals surface area contributed by atoms with Crippen molar-refractivity contribution in [2.45, 2.75) is 33.6 Å². The number of rotatable bonds is 4. The van der Waals surface area contributed by atoms with Gasteiger partial charge in [0.2, 0.25) is 11.9 Å². The van der Waals surface area contributed by atoms with Crippen molar-refractivity contribution in [3.05, 3.63) is 41.7 Å². The molecule has 1 aromatic heterocycles. The average molecular weight is 367 g/mol. The maximum Gasteiger partial charge on any atom is 0.272 e. The van der Waals surface area contributed by atoms with Gasteiger partial charge in [0.1, 0.15) is 5.69 Å². The predicted molar refractivity (Wildman–Crippen MR) is 105 cm³/mol. The van der Waals surface area contributed by atoms with E-state index in [2.05, 4.69) is 27.5 Å². The molecular weight excluding hydrogens is 342 g/mol. The summed E-state index contributed by atoms with van der Waals surface area (Å²) in [5.74, 6) is 0.888. The maximum absolute atomic E-state index is 12.8. The average Bonchev–Trinajstić information content (AvgIpc) is 2.62. The van der Waals surface area contributed by atoms with Crippen molar-refractivity contribution in [3.63, 3.8) is 0 Å². The first-order chi connectivity index (χ1) is 12.9. The number of anilines is 3. The molecule has 0 bridgehead atoms. The van der Waals surface area contributed by atoms with E-state index in [1.807, 2.05) is 24.0 Å². The standard InChI is InChI=1S/C20H25N5O2/c1-13-8-10-25(11-9-13)19(27)18-12-14(2)21-20(24-18)23-17-6-4-16(5-7-17)22-15(3)26/h4-7,12-13H,8-11H2,1-3H3,(H,22,26)(H,21,23,24). The summed E-state index contributed by atoms with van der Waals surface area (Å²) in [4.78, 5) is 34.5. The van der Waals surface area contributed by atoms with Crippen molar-refractivity contribution in [1.29, 1.82) is 0 Å². The zero-order chi connectivity index (χ0) is 19.4. The molecule has 7 heteroatoms. The van der Waals surface area contributed by atoms with Gasteiger partial charge in [-0.2, -0.15) is 0 Å². The van der Waals surface area contributed by atoms with Gasteiger partial charge < -0.3 is 15.5 Å². The van der Waals surface area contributed by atoms with Gasteiger partial charge in [0.25, 0.3) is 5.91 Å². The number of aryl methyl sites for hydroxylation is 1. The molecule has 0 aliphatic carbocycles. The Morgan fingerprint density at radius 3 is 2.33 bits per heavy atom. The second kappa shape index (κ2) is 8.16. The quantitative estimate of drug-likeness (QED) is 0.865. The second-order valence-corrected chi connectivity index (χ2v) is 7.08. The van der Waals surface area contributed by atoms with Crippen LogP contribution in [0.1, 0.15) is 42.9 Å². The number of hydrogen-bond acceptors (Lipinski definition) is 5. The van der Waals surface area contributed by atoms with Crippen molar-refractivity contribution < 1.29 is 9.59 Å². The van der Waals surface area contributed by atoms with Gasteiger partial charge in [-0.15, -0.1) is 0 Å². The van der Waals surface area contributed by atoms with Crippen molar-refractivity contribution in [1.82, 2.24) is 14.9 Å². The van der Waals surface area contributed by atoms with Crippen LogP contribution < -0.4 is 10.6 Å². The molecule has 1 saturated heterocycles. The molecule has 0 saturated carbocycles. The SMILES string of the molecule is CC(=O)Nc1ccc(Nc2nc(C)cc(C(=O)N3CCC(C)CC3)n2)cc1. The minimum atomic E-state index is -0.118. The molecule has 0 spiro atoms. The smallest absolute Gasteiger partial charge is 0.272 e. The monoisotopic (exact) mass is 367 g/mol. The Kier molecular flexibility index (Phi) is 5.69. The highest BCUT2D eigenvalue weighted by Gasteiger charge is 2.23. The molecule has 142 valence electrons. The number of piperidine rings is 1. The third kappa shape index (κ3) is 5.03. The highest BCUT2D eigenvalue weighted by atomic mass is 16.2. The first-order valence-electron chi connectivity index (χ1n) is 9.20. The molecule has 2 N–H and O–H groups in total. The molecule has 2 aromatic rings. The van der Waals surface area contributed by atoms with Crippen LogP contribution in [-0.4, -0.2) is 39.8 Å². The number of aromatic nitrogens is 2. The Hall–Kier alpha value is -2.96. The first-order valence-corrected chi connectivity index (χ1v) is 9.20. The molecule has 0 unspecified atom stereocenters. The highest BCUT2D eigenvalue weighted by molar-refractivity contribution is 5.93. The second-order valence-electron chi connectivity index (χ2n) is 7.08. The lowest BCUT2D eigenvalue weighted by Crippen LogP contribution is -2.38. The number of nitrogens with zero attached hydrogens (tertiary/aromatic N) is 3. The van der Waals surface area contributed by atoms with Crippen LogP contribution in [0.3, 0.4) is 0 Å². The number of hydrogen-bond donors (Lipinski definition) is 2. The van der Waals surface area contributed by atoms with Gasteiger partial charge in [-0.05, 0) is 56.0 Å². The normalized spacial score (nSPS) is 14.7. The number of benzene rings is 1. The van der Waals surface area contributed by atoms with Crippen molar-refractivity contribution in [3.8, 4) is 0 Å². The lowest BCUT2D eigenvalue weighted by molar-refractivity contribution is -0.114. The van der Waals surface area contributed by atoms with Gasteiger partial charge in [-0.1, -0.05) is 6.92 Å². The molecule has 3 rings (SSSR count). The summed E-state index contributed by atoms with van der Waals surface area (Å²) in [6.07, 6.45) is 2.06. The van der Waals surface area contributed by atoms with Crippen LogP contribution >= 0.6 is 0 Å². The minimum Gasteiger partial charge on any atom is -0.337 e. The number of carbonyl (C=O) groups is 2. The zero-order valence-corrected chi connectivity index (χ0v) is 16.0. The van der Waals surface area contributed by atoms with E-state index < -0.39 is 0 Å². The fourth-order valence-corrected chi connectivity index (χ4v) is 3.08. The number of nitrogens with one attached hydrogen (secondary N) is 2. The van der Waals surface area contributed by atoms with Crippen molar-refractivity contribution in [2.24, 2.45) is 5.92 Å².